The van der Waals surface area contributed by atoms with Crippen molar-refractivity contribution in [3.05, 3.63) is 42.0 Å². The van der Waals surface area contributed by atoms with Crippen LogP contribution in [0.25, 0.3) is 0 Å². The molecule has 1 aromatic carbocycles. The molecule has 1 amide bonds. The fraction of sp³-hybridized carbons (Fsp3) is 0.500. The topological polar surface area (TPSA) is 77.3 Å². The molecule has 3 rings (SSSR count). The van der Waals surface area contributed by atoms with E-state index in [2.05, 4.69) is 22.4 Å². The maximum Gasteiger partial charge on any atom is 0.232 e. The Morgan fingerprint density at radius 1 is 1.33 bits per heavy atom. The number of anilines is 1. The molecule has 1 saturated heterocycles. The summed E-state index contributed by atoms with van der Waals surface area (Å²) in [5.74, 6) is 1.40. The number of nitrogens with zero attached hydrogens (tertiary/aromatic N) is 2. The highest BCUT2D eigenvalue weighted by atomic mass is 16.5. The number of aromatic nitrogens is 2. The highest BCUT2D eigenvalue weighted by Gasteiger charge is 2.23. The Morgan fingerprint density at radius 2 is 2.17 bits per heavy atom. The normalized spacial score (nSPS) is 20.7. The molecule has 2 heterocycles. The Labute approximate surface area is 141 Å². The second-order valence-electron chi connectivity index (χ2n) is 6.19. The Balaban J connectivity index is 1.51. The van der Waals surface area contributed by atoms with Crippen molar-refractivity contribution in [3.8, 4) is 0 Å². The van der Waals surface area contributed by atoms with Gasteiger partial charge in [-0.15, -0.1) is 0 Å². The van der Waals surface area contributed by atoms with Crippen LogP contribution in [0.3, 0.4) is 0 Å². The monoisotopic (exact) mass is 329 g/mol. The zero-order valence-electron chi connectivity index (χ0n) is 13.9. The van der Waals surface area contributed by atoms with Crippen molar-refractivity contribution >= 4 is 11.6 Å². The smallest absolute Gasteiger partial charge is 0.232 e. The average Bonchev–Trinajstić information content (AvgIpc) is 3.02. The van der Waals surface area contributed by atoms with Crippen LogP contribution in [0.1, 0.15) is 37.9 Å². The van der Waals surface area contributed by atoms with Crippen LogP contribution in [0.5, 0.6) is 0 Å². The zero-order chi connectivity index (χ0) is 16.8. The van der Waals surface area contributed by atoms with Crippen LogP contribution >= 0.6 is 0 Å². The predicted octanol–water partition coefficient (Wildman–Crippen LogP) is 3.00. The summed E-state index contributed by atoms with van der Waals surface area (Å²) in [7, 11) is 0. The van der Waals surface area contributed by atoms with Crippen molar-refractivity contribution in [1.82, 2.24) is 10.1 Å². The van der Waals surface area contributed by atoms with E-state index in [1.807, 2.05) is 30.3 Å². The van der Waals surface area contributed by atoms with Crippen LogP contribution in [-0.2, 0) is 22.4 Å². The molecule has 2 unspecified atom stereocenters. The standard InChI is InChI=1S/C18H23N3O3/c1-2-15-10-13(8-9-23-15)11-18-20-16(21-24-18)12-17(22)19-14-6-4-3-5-7-14/h3-7,13,15H,2,8-12H2,1H3,(H,19,22). The van der Waals surface area contributed by atoms with Gasteiger partial charge in [0, 0.05) is 18.7 Å². The number of carbonyl (C=O) groups excluding carboxylic acids is 1. The molecule has 1 fully saturated rings. The highest BCUT2D eigenvalue weighted by Crippen LogP contribution is 2.25. The number of benzene rings is 1. The molecule has 0 aliphatic carbocycles. The molecule has 0 spiro atoms. The average molecular weight is 329 g/mol. The molecular formula is C18H23N3O3. The fourth-order valence-electron chi connectivity index (χ4n) is 2.99. The van der Waals surface area contributed by atoms with Crippen molar-refractivity contribution in [2.24, 2.45) is 5.92 Å². The number of rotatable bonds is 6. The predicted molar refractivity (Wildman–Crippen MR) is 89.5 cm³/mol. The largest absolute Gasteiger partial charge is 0.378 e. The number of ether oxygens (including phenoxy) is 1. The van der Waals surface area contributed by atoms with E-state index < -0.39 is 0 Å². The lowest BCUT2D eigenvalue weighted by Crippen LogP contribution is -2.26. The summed E-state index contributed by atoms with van der Waals surface area (Å²) in [6.07, 6.45) is 4.29. The van der Waals surface area contributed by atoms with Crippen molar-refractivity contribution < 1.29 is 14.1 Å². The molecule has 0 bridgehead atoms. The fourth-order valence-corrected chi connectivity index (χ4v) is 2.99. The van der Waals surface area contributed by atoms with Crippen molar-refractivity contribution in [1.29, 1.82) is 0 Å². The van der Waals surface area contributed by atoms with Gasteiger partial charge in [-0.25, -0.2) is 0 Å². The Bertz CT molecular complexity index is 657. The molecule has 24 heavy (non-hydrogen) atoms. The van der Waals surface area contributed by atoms with Gasteiger partial charge in [-0.1, -0.05) is 30.3 Å². The molecule has 0 saturated carbocycles. The number of hydrogen-bond donors (Lipinski definition) is 1. The van der Waals surface area contributed by atoms with Gasteiger partial charge in [0.15, 0.2) is 5.82 Å². The van der Waals surface area contributed by atoms with E-state index in [-0.39, 0.29) is 12.3 Å². The summed E-state index contributed by atoms with van der Waals surface area (Å²) in [6.45, 7) is 2.94. The van der Waals surface area contributed by atoms with E-state index in [0.29, 0.717) is 23.7 Å². The Morgan fingerprint density at radius 3 is 2.96 bits per heavy atom. The first kappa shape index (κ1) is 16.6. The van der Waals surface area contributed by atoms with Crippen LogP contribution in [-0.4, -0.2) is 28.8 Å². The van der Waals surface area contributed by atoms with Gasteiger partial charge in [0.1, 0.15) is 0 Å². The third kappa shape index (κ3) is 4.64. The maximum atomic E-state index is 12.0. The Hall–Kier alpha value is -2.21. The lowest BCUT2D eigenvalue weighted by molar-refractivity contribution is -0.115. The maximum absolute atomic E-state index is 12.0. The first-order valence-electron chi connectivity index (χ1n) is 8.51. The molecule has 2 aromatic rings. The minimum absolute atomic E-state index is 0.115. The third-order valence-corrected chi connectivity index (χ3v) is 4.28. The van der Waals surface area contributed by atoms with Gasteiger partial charge < -0.3 is 14.6 Å². The molecule has 6 nitrogen and oxygen atoms in total. The van der Waals surface area contributed by atoms with Crippen molar-refractivity contribution in [2.75, 3.05) is 11.9 Å². The summed E-state index contributed by atoms with van der Waals surface area (Å²) in [5, 5.41) is 6.74. The zero-order valence-corrected chi connectivity index (χ0v) is 13.9. The summed E-state index contributed by atoms with van der Waals surface area (Å²) >= 11 is 0. The molecule has 1 aromatic heterocycles. The second-order valence-corrected chi connectivity index (χ2v) is 6.19. The van der Waals surface area contributed by atoms with E-state index >= 15 is 0 Å². The third-order valence-electron chi connectivity index (χ3n) is 4.28. The number of para-hydroxylation sites is 1. The van der Waals surface area contributed by atoms with E-state index in [1.54, 1.807) is 0 Å². The molecular weight excluding hydrogens is 306 g/mol. The van der Waals surface area contributed by atoms with Gasteiger partial charge in [-0.05, 0) is 37.3 Å². The molecule has 6 heteroatoms. The minimum Gasteiger partial charge on any atom is -0.378 e. The van der Waals surface area contributed by atoms with Crippen LogP contribution in [0.15, 0.2) is 34.9 Å². The van der Waals surface area contributed by atoms with E-state index in [0.717, 1.165) is 38.0 Å². The van der Waals surface area contributed by atoms with Gasteiger partial charge in [-0.2, -0.15) is 4.98 Å². The van der Waals surface area contributed by atoms with E-state index in [1.165, 1.54) is 0 Å². The Kier molecular flexibility index (Phi) is 5.59. The molecule has 1 N–H and O–H groups in total. The molecule has 1 aliphatic heterocycles. The number of amides is 1. The first-order valence-corrected chi connectivity index (χ1v) is 8.51. The molecule has 2 atom stereocenters. The summed E-state index contributed by atoms with van der Waals surface area (Å²) < 4.78 is 11.0. The van der Waals surface area contributed by atoms with Crippen LogP contribution in [0.4, 0.5) is 5.69 Å². The summed E-state index contributed by atoms with van der Waals surface area (Å²) in [6, 6.07) is 9.34. The lowest BCUT2D eigenvalue weighted by Gasteiger charge is -2.27. The van der Waals surface area contributed by atoms with Crippen LogP contribution in [0.2, 0.25) is 0 Å². The number of carbonyl (C=O) groups is 1. The first-order chi connectivity index (χ1) is 11.7. The van der Waals surface area contributed by atoms with Crippen LogP contribution < -0.4 is 5.32 Å². The number of hydrogen-bond acceptors (Lipinski definition) is 5. The van der Waals surface area contributed by atoms with E-state index in [4.69, 9.17) is 9.26 Å². The summed E-state index contributed by atoms with van der Waals surface area (Å²) in [5.41, 5.74) is 0.763. The van der Waals surface area contributed by atoms with Gasteiger partial charge >= 0.3 is 0 Å². The van der Waals surface area contributed by atoms with E-state index in [9.17, 15) is 4.79 Å². The molecule has 0 radical (unpaired) electrons. The minimum atomic E-state index is -0.148. The van der Waals surface area contributed by atoms with Crippen molar-refractivity contribution in [2.45, 2.75) is 45.1 Å². The van der Waals surface area contributed by atoms with Crippen LogP contribution in [0, 0.1) is 5.92 Å². The summed E-state index contributed by atoms with van der Waals surface area (Å²) in [4.78, 5) is 16.4. The lowest BCUT2D eigenvalue weighted by atomic mass is 9.91. The van der Waals surface area contributed by atoms with Gasteiger partial charge in [0.25, 0.3) is 0 Å². The van der Waals surface area contributed by atoms with Gasteiger partial charge in [-0.3, -0.25) is 4.79 Å². The highest BCUT2D eigenvalue weighted by molar-refractivity contribution is 5.91. The SMILES string of the molecule is CCC1CC(Cc2nc(CC(=O)Nc3ccccc3)no2)CCO1. The second kappa shape index (κ2) is 8.06. The van der Waals surface area contributed by atoms with Crippen molar-refractivity contribution in [3.63, 3.8) is 0 Å². The van der Waals surface area contributed by atoms with Gasteiger partial charge in [0.2, 0.25) is 11.8 Å². The van der Waals surface area contributed by atoms with Gasteiger partial charge in [0.05, 0.1) is 12.5 Å². The molecule has 1 aliphatic rings. The number of nitrogens with one attached hydrogen (secondary N) is 1. The molecule has 128 valence electrons. The quantitative estimate of drug-likeness (QED) is 0.881.